The molecule has 23 heavy (non-hydrogen) atoms. The first kappa shape index (κ1) is 15.9. The second kappa shape index (κ2) is 6.23. The van der Waals surface area contributed by atoms with Crippen LogP contribution >= 0.6 is 11.3 Å². The minimum atomic E-state index is -0.800. The smallest absolute Gasteiger partial charge is 0.320 e. The number of urea groups is 1. The van der Waals surface area contributed by atoms with Gasteiger partial charge in [-0.3, -0.25) is 0 Å². The molecule has 1 fully saturated rings. The van der Waals surface area contributed by atoms with Gasteiger partial charge < -0.3 is 10.6 Å². The van der Waals surface area contributed by atoms with Crippen LogP contribution in [0.2, 0.25) is 0 Å². The zero-order valence-electron chi connectivity index (χ0n) is 12.7. The number of nitrogens with one attached hydrogen (secondary N) is 2. The molecule has 1 aliphatic rings. The van der Waals surface area contributed by atoms with E-state index in [-0.39, 0.29) is 0 Å². The normalized spacial score (nSPS) is 16.3. The Kier molecular flexibility index (Phi) is 4.30. The number of carbonyl (C=O) groups is 1. The molecule has 2 N–H and O–H groups in total. The number of halogens is 2. The average molecular weight is 337 g/mol. The summed E-state index contributed by atoms with van der Waals surface area (Å²) in [5.74, 6) is -1.60. The molecule has 1 aromatic carbocycles. The SMILES string of the molecule is Cc1csc(C2(NC(=O)Nc3c(F)cccc3F)CCCC2)n1. The number of carbonyl (C=O) groups excluding carboxylic acids is 1. The Morgan fingerprint density at radius 3 is 2.48 bits per heavy atom. The molecule has 0 bridgehead atoms. The number of thiazole rings is 1. The lowest BCUT2D eigenvalue weighted by Crippen LogP contribution is -2.46. The van der Waals surface area contributed by atoms with E-state index in [0.29, 0.717) is 0 Å². The van der Waals surface area contributed by atoms with Gasteiger partial charge in [-0.05, 0) is 31.9 Å². The van der Waals surface area contributed by atoms with Crippen LogP contribution in [0.3, 0.4) is 0 Å². The molecular formula is C16H17F2N3OS. The van der Waals surface area contributed by atoms with Crippen LogP contribution in [0.25, 0.3) is 0 Å². The maximum absolute atomic E-state index is 13.7. The molecule has 122 valence electrons. The van der Waals surface area contributed by atoms with Crippen molar-refractivity contribution in [2.24, 2.45) is 0 Å². The van der Waals surface area contributed by atoms with E-state index in [1.165, 1.54) is 17.4 Å². The molecule has 0 saturated heterocycles. The largest absolute Gasteiger partial charge is 0.326 e. The monoisotopic (exact) mass is 337 g/mol. The van der Waals surface area contributed by atoms with Crippen LogP contribution < -0.4 is 10.6 Å². The van der Waals surface area contributed by atoms with E-state index in [2.05, 4.69) is 15.6 Å². The summed E-state index contributed by atoms with van der Waals surface area (Å²) >= 11 is 1.50. The molecule has 4 nitrogen and oxygen atoms in total. The summed E-state index contributed by atoms with van der Waals surface area (Å²) in [7, 11) is 0. The van der Waals surface area contributed by atoms with Gasteiger partial charge in [0.15, 0.2) is 0 Å². The summed E-state index contributed by atoms with van der Waals surface area (Å²) < 4.78 is 27.3. The first-order chi connectivity index (χ1) is 11.0. The quantitative estimate of drug-likeness (QED) is 0.876. The Balaban J connectivity index is 1.80. The third kappa shape index (κ3) is 3.19. The number of rotatable bonds is 3. The van der Waals surface area contributed by atoms with Crippen LogP contribution in [0.15, 0.2) is 23.6 Å². The minimum absolute atomic E-state index is 0.437. The maximum Gasteiger partial charge on any atom is 0.320 e. The molecule has 1 saturated carbocycles. The average Bonchev–Trinajstić information content (AvgIpc) is 3.13. The fourth-order valence-electron chi connectivity index (χ4n) is 2.92. The first-order valence-electron chi connectivity index (χ1n) is 7.46. The van der Waals surface area contributed by atoms with Gasteiger partial charge in [-0.25, -0.2) is 18.6 Å². The van der Waals surface area contributed by atoms with Crippen LogP contribution in [0, 0.1) is 18.6 Å². The zero-order chi connectivity index (χ0) is 16.4. The van der Waals surface area contributed by atoms with Gasteiger partial charge in [-0.2, -0.15) is 0 Å². The predicted octanol–water partition coefficient (Wildman–Crippen LogP) is 4.32. The van der Waals surface area contributed by atoms with Gasteiger partial charge in [0.05, 0.1) is 5.54 Å². The number of amides is 2. The molecular weight excluding hydrogens is 320 g/mol. The summed E-state index contributed by atoms with van der Waals surface area (Å²) in [4.78, 5) is 16.8. The van der Waals surface area contributed by atoms with E-state index < -0.39 is 28.9 Å². The van der Waals surface area contributed by atoms with E-state index in [0.717, 1.165) is 48.5 Å². The van der Waals surface area contributed by atoms with Crippen LogP contribution in [-0.4, -0.2) is 11.0 Å². The molecule has 7 heteroatoms. The number of anilines is 1. The highest BCUT2D eigenvalue weighted by molar-refractivity contribution is 7.09. The van der Waals surface area contributed by atoms with Gasteiger partial charge in [0.2, 0.25) is 0 Å². The molecule has 0 aliphatic heterocycles. The molecule has 0 unspecified atom stereocenters. The Labute approximate surface area is 136 Å². The van der Waals surface area contributed by atoms with Crippen LogP contribution in [0.1, 0.15) is 36.4 Å². The van der Waals surface area contributed by atoms with Gasteiger partial charge in [-0.1, -0.05) is 18.9 Å². The Morgan fingerprint density at radius 1 is 1.26 bits per heavy atom. The van der Waals surface area contributed by atoms with Crippen molar-refractivity contribution in [2.45, 2.75) is 38.1 Å². The molecule has 2 aromatic rings. The van der Waals surface area contributed by atoms with Gasteiger partial charge in [-0.15, -0.1) is 11.3 Å². The van der Waals surface area contributed by atoms with Crippen molar-refractivity contribution in [1.82, 2.24) is 10.3 Å². The second-order valence-electron chi connectivity index (χ2n) is 5.76. The predicted molar refractivity (Wildman–Crippen MR) is 85.5 cm³/mol. The fourth-order valence-corrected chi connectivity index (χ4v) is 3.94. The lowest BCUT2D eigenvalue weighted by atomic mass is 9.99. The number of hydrogen-bond acceptors (Lipinski definition) is 3. The van der Waals surface area contributed by atoms with Crippen molar-refractivity contribution in [2.75, 3.05) is 5.32 Å². The second-order valence-corrected chi connectivity index (χ2v) is 6.62. The number of benzene rings is 1. The van der Waals surface area contributed by atoms with E-state index in [9.17, 15) is 13.6 Å². The maximum atomic E-state index is 13.7. The van der Waals surface area contributed by atoms with E-state index in [1.807, 2.05) is 12.3 Å². The minimum Gasteiger partial charge on any atom is -0.326 e. The number of nitrogens with zero attached hydrogens (tertiary/aromatic N) is 1. The lowest BCUT2D eigenvalue weighted by Gasteiger charge is -2.28. The van der Waals surface area contributed by atoms with Gasteiger partial charge in [0.1, 0.15) is 22.3 Å². The fraction of sp³-hybridized carbons (Fsp3) is 0.375. The number of para-hydroxylation sites is 1. The Hall–Kier alpha value is -2.02. The van der Waals surface area contributed by atoms with Gasteiger partial charge in [0, 0.05) is 11.1 Å². The Morgan fingerprint density at radius 2 is 1.91 bits per heavy atom. The van der Waals surface area contributed by atoms with Crippen molar-refractivity contribution in [1.29, 1.82) is 0 Å². The number of aromatic nitrogens is 1. The van der Waals surface area contributed by atoms with Crippen molar-refractivity contribution in [3.8, 4) is 0 Å². The molecule has 1 aliphatic carbocycles. The highest BCUT2D eigenvalue weighted by Crippen LogP contribution is 2.40. The molecule has 0 atom stereocenters. The standard InChI is InChI=1S/C16H17F2N3OS/c1-10-9-23-14(19-10)16(7-2-3-8-16)21-15(22)20-13-11(17)5-4-6-12(13)18/h4-6,9H,2-3,7-8H2,1H3,(H2,20,21,22). The van der Waals surface area contributed by atoms with Gasteiger partial charge >= 0.3 is 6.03 Å². The van der Waals surface area contributed by atoms with E-state index >= 15 is 0 Å². The third-order valence-corrected chi connectivity index (χ3v) is 5.20. The van der Waals surface area contributed by atoms with Gasteiger partial charge in [0.25, 0.3) is 0 Å². The number of aryl methyl sites for hydroxylation is 1. The summed E-state index contributed by atoms with van der Waals surface area (Å²) in [6.45, 7) is 1.90. The van der Waals surface area contributed by atoms with Crippen molar-refractivity contribution >= 4 is 23.1 Å². The summed E-state index contributed by atoms with van der Waals surface area (Å²) in [6, 6.07) is 2.84. The van der Waals surface area contributed by atoms with E-state index in [4.69, 9.17) is 0 Å². The highest BCUT2D eigenvalue weighted by Gasteiger charge is 2.39. The molecule has 0 radical (unpaired) electrons. The van der Waals surface area contributed by atoms with Crippen molar-refractivity contribution in [3.63, 3.8) is 0 Å². The van der Waals surface area contributed by atoms with Crippen molar-refractivity contribution in [3.05, 3.63) is 45.9 Å². The molecule has 1 aromatic heterocycles. The van der Waals surface area contributed by atoms with Crippen LogP contribution in [-0.2, 0) is 5.54 Å². The first-order valence-corrected chi connectivity index (χ1v) is 8.34. The summed E-state index contributed by atoms with van der Waals surface area (Å²) in [5.41, 5.74) is -0.0859. The van der Waals surface area contributed by atoms with Crippen LogP contribution in [0.4, 0.5) is 19.3 Å². The lowest BCUT2D eigenvalue weighted by molar-refractivity contribution is 0.236. The third-order valence-electron chi connectivity index (χ3n) is 4.04. The highest BCUT2D eigenvalue weighted by atomic mass is 32.1. The zero-order valence-corrected chi connectivity index (χ0v) is 13.5. The molecule has 0 spiro atoms. The van der Waals surface area contributed by atoms with E-state index in [1.54, 1.807) is 0 Å². The van der Waals surface area contributed by atoms with Crippen LogP contribution in [0.5, 0.6) is 0 Å². The molecule has 2 amide bonds. The topological polar surface area (TPSA) is 54.0 Å². The Bertz CT molecular complexity index is 706. The summed E-state index contributed by atoms with van der Waals surface area (Å²) in [5, 5.41) is 7.95. The molecule has 1 heterocycles. The summed E-state index contributed by atoms with van der Waals surface area (Å²) in [6.07, 6.45) is 3.50. The number of hydrogen-bond donors (Lipinski definition) is 2. The molecule has 3 rings (SSSR count). The van der Waals surface area contributed by atoms with Crippen molar-refractivity contribution < 1.29 is 13.6 Å².